The van der Waals surface area contributed by atoms with Gasteiger partial charge < -0.3 is 14.2 Å². The molecule has 0 aromatic heterocycles. The predicted octanol–water partition coefficient (Wildman–Crippen LogP) is 18.0. The highest BCUT2D eigenvalue weighted by Gasteiger charge is 2.19. The number of unbranched alkanes of at least 4 members (excludes halogenated alkanes) is 40. The van der Waals surface area contributed by atoms with Crippen LogP contribution in [0.2, 0.25) is 0 Å². The minimum Gasteiger partial charge on any atom is -0.462 e. The van der Waals surface area contributed by atoms with Crippen LogP contribution in [0.3, 0.4) is 0 Å². The van der Waals surface area contributed by atoms with Crippen molar-refractivity contribution >= 4 is 17.9 Å². The molecule has 0 aromatic rings. The summed E-state index contributed by atoms with van der Waals surface area (Å²) in [6, 6.07) is 0. The van der Waals surface area contributed by atoms with Crippen LogP contribution in [0.25, 0.3) is 0 Å². The van der Waals surface area contributed by atoms with Gasteiger partial charge in [-0.3, -0.25) is 14.4 Å². The number of ether oxygens (including phenoxy) is 3. The van der Waals surface area contributed by atoms with Crippen LogP contribution in [0.15, 0.2) is 0 Å². The predicted molar refractivity (Wildman–Crippen MR) is 261 cm³/mol. The highest BCUT2D eigenvalue weighted by atomic mass is 16.6. The van der Waals surface area contributed by atoms with Gasteiger partial charge in [0, 0.05) is 19.3 Å². The van der Waals surface area contributed by atoms with Gasteiger partial charge in [-0.05, 0) is 19.3 Å². The Bertz CT molecular complexity index is 905. The van der Waals surface area contributed by atoms with Gasteiger partial charge in [-0.25, -0.2) is 0 Å². The van der Waals surface area contributed by atoms with E-state index in [1.54, 1.807) is 0 Å². The molecule has 0 aliphatic carbocycles. The molecule has 0 aromatic carbocycles. The van der Waals surface area contributed by atoms with Crippen LogP contribution >= 0.6 is 0 Å². The zero-order valence-electron chi connectivity index (χ0n) is 41.5. The van der Waals surface area contributed by atoms with Crippen molar-refractivity contribution in [2.75, 3.05) is 13.2 Å². The third-order valence-corrected chi connectivity index (χ3v) is 12.6. The molecule has 6 heteroatoms. The maximum atomic E-state index is 12.6. The molecule has 0 spiro atoms. The van der Waals surface area contributed by atoms with E-state index in [-0.39, 0.29) is 31.1 Å². The Morgan fingerprint density at radius 3 is 0.656 bits per heavy atom. The summed E-state index contributed by atoms with van der Waals surface area (Å²) in [5.41, 5.74) is 0. The average molecular weight is 863 g/mol. The van der Waals surface area contributed by atoms with Crippen LogP contribution in [0.4, 0.5) is 0 Å². The van der Waals surface area contributed by atoms with Crippen molar-refractivity contribution < 1.29 is 28.6 Å². The van der Waals surface area contributed by atoms with E-state index in [2.05, 4.69) is 20.8 Å². The molecule has 0 fully saturated rings. The summed E-state index contributed by atoms with van der Waals surface area (Å²) in [5.74, 6) is -0.871. The molecule has 0 aliphatic heterocycles. The largest absolute Gasteiger partial charge is 0.462 e. The molecule has 0 radical (unpaired) electrons. The Labute approximate surface area is 380 Å². The summed E-state index contributed by atoms with van der Waals surface area (Å²) < 4.78 is 16.6. The van der Waals surface area contributed by atoms with Gasteiger partial charge in [0.1, 0.15) is 13.2 Å². The van der Waals surface area contributed by atoms with Gasteiger partial charge >= 0.3 is 17.9 Å². The smallest absolute Gasteiger partial charge is 0.306 e. The Morgan fingerprint density at radius 2 is 0.443 bits per heavy atom. The first-order chi connectivity index (χ1) is 30.0. The maximum absolute atomic E-state index is 12.6. The topological polar surface area (TPSA) is 78.9 Å². The van der Waals surface area contributed by atoms with Gasteiger partial charge in [0.15, 0.2) is 6.10 Å². The molecule has 362 valence electrons. The lowest BCUT2D eigenvalue weighted by Gasteiger charge is -2.18. The minimum absolute atomic E-state index is 0.0645. The van der Waals surface area contributed by atoms with Crippen LogP contribution in [0.1, 0.15) is 316 Å². The molecule has 0 aliphatic rings. The van der Waals surface area contributed by atoms with Crippen LogP contribution in [0, 0.1) is 0 Å². The highest BCUT2D eigenvalue weighted by molar-refractivity contribution is 5.71. The molecule has 0 rings (SSSR count). The van der Waals surface area contributed by atoms with E-state index < -0.39 is 6.10 Å². The van der Waals surface area contributed by atoms with Crippen molar-refractivity contribution in [3.05, 3.63) is 0 Å². The zero-order valence-corrected chi connectivity index (χ0v) is 41.5. The minimum atomic E-state index is -0.756. The number of hydrogen-bond donors (Lipinski definition) is 0. The lowest BCUT2D eigenvalue weighted by Crippen LogP contribution is -2.30. The molecule has 61 heavy (non-hydrogen) atoms. The molecule has 0 N–H and O–H groups in total. The summed E-state index contributed by atoms with van der Waals surface area (Å²) in [5, 5.41) is 0. The molecular formula is C55H106O6. The van der Waals surface area contributed by atoms with Crippen LogP contribution < -0.4 is 0 Å². The Hall–Kier alpha value is -1.59. The third-order valence-electron chi connectivity index (χ3n) is 12.6. The number of carbonyl (C=O) groups excluding carboxylic acids is 3. The van der Waals surface area contributed by atoms with E-state index in [1.807, 2.05) is 0 Å². The van der Waals surface area contributed by atoms with Crippen molar-refractivity contribution in [3.63, 3.8) is 0 Å². The summed E-state index contributed by atoms with van der Waals surface area (Å²) in [6.07, 6.45) is 56.2. The monoisotopic (exact) mass is 863 g/mol. The number of esters is 3. The number of rotatable bonds is 51. The van der Waals surface area contributed by atoms with Gasteiger partial charge in [0.25, 0.3) is 0 Å². The van der Waals surface area contributed by atoms with Crippen molar-refractivity contribution in [1.82, 2.24) is 0 Å². The second kappa shape index (κ2) is 51.0. The third kappa shape index (κ3) is 49.3. The first kappa shape index (κ1) is 59.4. The van der Waals surface area contributed by atoms with Gasteiger partial charge in [0.2, 0.25) is 0 Å². The Balaban J connectivity index is 3.73. The molecule has 1 unspecified atom stereocenters. The molecule has 0 bridgehead atoms. The van der Waals surface area contributed by atoms with Crippen LogP contribution in [-0.2, 0) is 28.6 Å². The first-order valence-corrected chi connectivity index (χ1v) is 27.5. The average Bonchev–Trinajstić information content (AvgIpc) is 3.26. The molecular weight excluding hydrogens is 757 g/mol. The number of hydrogen-bond acceptors (Lipinski definition) is 6. The zero-order chi connectivity index (χ0) is 44.4. The lowest BCUT2D eigenvalue weighted by atomic mass is 10.0. The Morgan fingerprint density at radius 1 is 0.262 bits per heavy atom. The van der Waals surface area contributed by atoms with Gasteiger partial charge in [-0.15, -0.1) is 0 Å². The molecule has 0 saturated heterocycles. The SMILES string of the molecule is CCCCCCCCCCCCCCCCCCCCCCCCCCCCCCCCCC(=O)OCC(COC(=O)CCCCCCC)OC(=O)CCCCCCCCC. The van der Waals surface area contributed by atoms with Crippen LogP contribution in [-0.4, -0.2) is 37.2 Å². The molecule has 1 atom stereocenters. The van der Waals surface area contributed by atoms with E-state index in [1.165, 1.54) is 212 Å². The van der Waals surface area contributed by atoms with Crippen molar-refractivity contribution in [3.8, 4) is 0 Å². The van der Waals surface area contributed by atoms with E-state index in [0.717, 1.165) is 64.2 Å². The second-order valence-electron chi connectivity index (χ2n) is 18.9. The van der Waals surface area contributed by atoms with Gasteiger partial charge in [-0.2, -0.15) is 0 Å². The van der Waals surface area contributed by atoms with Crippen molar-refractivity contribution in [1.29, 1.82) is 0 Å². The van der Waals surface area contributed by atoms with E-state index >= 15 is 0 Å². The van der Waals surface area contributed by atoms with Crippen LogP contribution in [0.5, 0.6) is 0 Å². The fourth-order valence-corrected chi connectivity index (χ4v) is 8.45. The Kier molecular flexibility index (Phi) is 49.7. The fourth-order valence-electron chi connectivity index (χ4n) is 8.45. The summed E-state index contributed by atoms with van der Waals surface area (Å²) in [4.78, 5) is 37.4. The number of carbonyl (C=O) groups is 3. The second-order valence-corrected chi connectivity index (χ2v) is 18.9. The van der Waals surface area contributed by atoms with E-state index in [4.69, 9.17) is 14.2 Å². The normalized spacial score (nSPS) is 11.9. The molecule has 6 nitrogen and oxygen atoms in total. The van der Waals surface area contributed by atoms with Gasteiger partial charge in [-0.1, -0.05) is 278 Å². The highest BCUT2D eigenvalue weighted by Crippen LogP contribution is 2.18. The fraction of sp³-hybridized carbons (Fsp3) is 0.945. The van der Waals surface area contributed by atoms with Gasteiger partial charge in [0.05, 0.1) is 0 Å². The van der Waals surface area contributed by atoms with E-state index in [9.17, 15) is 14.4 Å². The lowest BCUT2D eigenvalue weighted by molar-refractivity contribution is -0.167. The maximum Gasteiger partial charge on any atom is 0.306 e. The first-order valence-electron chi connectivity index (χ1n) is 27.5. The standard InChI is InChI=1S/C55H106O6/c1-4-7-10-13-15-16-17-18-19-20-21-22-23-24-25-26-27-28-29-30-31-32-33-34-35-36-37-38-40-42-45-48-54(57)60-51-52(50-59-53(56)47-44-41-12-9-6-3)61-55(58)49-46-43-39-14-11-8-5-2/h52H,4-51H2,1-3H3. The van der Waals surface area contributed by atoms with E-state index in [0.29, 0.717) is 19.3 Å². The summed E-state index contributed by atoms with van der Waals surface area (Å²) >= 11 is 0. The summed E-state index contributed by atoms with van der Waals surface area (Å²) in [6.45, 7) is 6.55. The molecule has 0 amide bonds. The molecule has 0 saturated carbocycles. The molecule has 0 heterocycles. The quantitative estimate of drug-likeness (QED) is 0.0344. The van der Waals surface area contributed by atoms with Crippen molar-refractivity contribution in [2.45, 2.75) is 322 Å². The van der Waals surface area contributed by atoms with Crippen molar-refractivity contribution in [2.24, 2.45) is 0 Å². The summed E-state index contributed by atoms with van der Waals surface area (Å²) in [7, 11) is 0.